The van der Waals surface area contributed by atoms with Crippen LogP contribution in [-0.2, 0) is 13.0 Å². The summed E-state index contributed by atoms with van der Waals surface area (Å²) < 4.78 is 7.73. The normalized spacial score (nSPS) is 17.4. The minimum atomic E-state index is 0.175. The molecule has 5 nitrogen and oxygen atoms in total. The van der Waals surface area contributed by atoms with Crippen molar-refractivity contribution in [2.45, 2.75) is 51.7 Å². The fraction of sp³-hybridized carbons (Fsp3) is 0.571. The molecular formula is C14H20N4O. The summed E-state index contributed by atoms with van der Waals surface area (Å²) in [5.74, 6) is 3.14. The lowest BCUT2D eigenvalue weighted by atomic mass is 10.1. The van der Waals surface area contributed by atoms with E-state index >= 15 is 0 Å². The zero-order valence-corrected chi connectivity index (χ0v) is 11.5. The van der Waals surface area contributed by atoms with Crippen LogP contribution in [0.3, 0.4) is 0 Å². The first-order valence-corrected chi connectivity index (χ1v) is 7.01. The molecule has 1 aliphatic rings. The molecule has 3 rings (SSSR count). The molecule has 0 aromatic carbocycles. The quantitative estimate of drug-likeness (QED) is 0.898. The minimum Gasteiger partial charge on any atom is -0.468 e. The standard InChI is InChI=1S/C14H20N4O/c1-3-11(12-6-5-9-19-12)15-10(2)14-17-16-13-7-4-8-18(13)14/h5-6,9-11,15H,3-4,7-8H2,1-2H3. The Labute approximate surface area is 113 Å². The molecule has 0 fully saturated rings. The number of nitrogens with one attached hydrogen (secondary N) is 1. The number of rotatable bonds is 5. The molecule has 2 atom stereocenters. The summed E-state index contributed by atoms with van der Waals surface area (Å²) in [6.45, 7) is 5.34. The van der Waals surface area contributed by atoms with Gasteiger partial charge in [0.05, 0.1) is 18.3 Å². The number of nitrogens with zero attached hydrogens (tertiary/aromatic N) is 3. The van der Waals surface area contributed by atoms with E-state index in [-0.39, 0.29) is 12.1 Å². The van der Waals surface area contributed by atoms with Crippen molar-refractivity contribution in [3.8, 4) is 0 Å². The van der Waals surface area contributed by atoms with Gasteiger partial charge in [0.15, 0.2) is 0 Å². The van der Waals surface area contributed by atoms with Crippen molar-refractivity contribution in [1.29, 1.82) is 0 Å². The average molecular weight is 260 g/mol. The zero-order chi connectivity index (χ0) is 13.2. The van der Waals surface area contributed by atoms with Crippen molar-refractivity contribution >= 4 is 0 Å². The van der Waals surface area contributed by atoms with Crippen molar-refractivity contribution in [2.75, 3.05) is 0 Å². The van der Waals surface area contributed by atoms with Gasteiger partial charge in [0.2, 0.25) is 0 Å². The molecular weight excluding hydrogens is 240 g/mol. The highest BCUT2D eigenvalue weighted by Gasteiger charge is 2.23. The first kappa shape index (κ1) is 12.4. The number of hydrogen-bond acceptors (Lipinski definition) is 4. The third-order valence-corrected chi connectivity index (χ3v) is 3.77. The predicted molar refractivity (Wildman–Crippen MR) is 71.6 cm³/mol. The fourth-order valence-corrected chi connectivity index (χ4v) is 2.76. The Kier molecular flexibility index (Phi) is 3.38. The van der Waals surface area contributed by atoms with Crippen LogP contribution in [0.1, 0.15) is 56.2 Å². The van der Waals surface area contributed by atoms with Gasteiger partial charge in [-0.3, -0.25) is 5.32 Å². The third-order valence-electron chi connectivity index (χ3n) is 3.77. The van der Waals surface area contributed by atoms with E-state index in [9.17, 15) is 0 Å². The molecule has 19 heavy (non-hydrogen) atoms. The van der Waals surface area contributed by atoms with Gasteiger partial charge < -0.3 is 8.98 Å². The second-order valence-electron chi connectivity index (χ2n) is 5.09. The second-order valence-corrected chi connectivity index (χ2v) is 5.09. The summed E-state index contributed by atoms with van der Waals surface area (Å²) in [5.41, 5.74) is 0. The number of hydrogen-bond donors (Lipinski definition) is 1. The van der Waals surface area contributed by atoms with E-state index in [0.717, 1.165) is 36.8 Å². The smallest absolute Gasteiger partial charge is 0.149 e. The molecule has 0 amide bonds. The van der Waals surface area contributed by atoms with Gasteiger partial charge >= 0.3 is 0 Å². The Bertz CT molecular complexity index is 532. The van der Waals surface area contributed by atoms with Crippen LogP contribution in [-0.4, -0.2) is 14.8 Å². The molecule has 1 N–H and O–H groups in total. The van der Waals surface area contributed by atoms with E-state index in [1.165, 1.54) is 6.42 Å². The van der Waals surface area contributed by atoms with Gasteiger partial charge in [0.25, 0.3) is 0 Å². The molecule has 102 valence electrons. The minimum absolute atomic E-state index is 0.175. The number of aryl methyl sites for hydroxylation is 1. The lowest BCUT2D eigenvalue weighted by molar-refractivity contribution is 0.365. The summed E-state index contributed by atoms with van der Waals surface area (Å²) in [6, 6.07) is 4.34. The predicted octanol–water partition coefficient (Wildman–Crippen LogP) is 2.62. The molecule has 2 aromatic heterocycles. The Morgan fingerprint density at radius 1 is 1.47 bits per heavy atom. The molecule has 0 radical (unpaired) electrons. The van der Waals surface area contributed by atoms with Crippen molar-refractivity contribution in [3.05, 3.63) is 35.8 Å². The SMILES string of the molecule is CCC(NC(C)c1nnc2n1CCC2)c1ccco1. The van der Waals surface area contributed by atoms with E-state index in [2.05, 4.69) is 33.9 Å². The van der Waals surface area contributed by atoms with Crippen molar-refractivity contribution in [1.82, 2.24) is 20.1 Å². The van der Waals surface area contributed by atoms with Crippen LogP contribution in [0, 0.1) is 0 Å². The lowest BCUT2D eigenvalue weighted by Gasteiger charge is -2.20. The summed E-state index contributed by atoms with van der Waals surface area (Å²) in [4.78, 5) is 0. The van der Waals surface area contributed by atoms with E-state index < -0.39 is 0 Å². The average Bonchev–Trinajstić information content (AvgIpc) is 3.10. The van der Waals surface area contributed by atoms with Crippen molar-refractivity contribution < 1.29 is 4.42 Å². The first-order valence-electron chi connectivity index (χ1n) is 7.01. The summed E-state index contributed by atoms with van der Waals surface area (Å²) in [7, 11) is 0. The van der Waals surface area contributed by atoms with Crippen molar-refractivity contribution in [3.63, 3.8) is 0 Å². The van der Waals surface area contributed by atoms with Crippen LogP contribution >= 0.6 is 0 Å². The maximum absolute atomic E-state index is 5.49. The highest BCUT2D eigenvalue weighted by atomic mass is 16.3. The summed E-state index contributed by atoms with van der Waals surface area (Å²) in [6.07, 6.45) is 4.94. The maximum Gasteiger partial charge on any atom is 0.149 e. The van der Waals surface area contributed by atoms with Crippen LogP contribution in [0.2, 0.25) is 0 Å². The lowest BCUT2D eigenvalue weighted by Crippen LogP contribution is -2.26. The molecule has 0 bridgehead atoms. The molecule has 1 aliphatic heterocycles. The highest BCUT2D eigenvalue weighted by molar-refractivity contribution is 5.08. The number of aromatic nitrogens is 3. The highest BCUT2D eigenvalue weighted by Crippen LogP contribution is 2.24. The Hall–Kier alpha value is -1.62. The van der Waals surface area contributed by atoms with Crippen LogP contribution in [0.15, 0.2) is 22.8 Å². The van der Waals surface area contributed by atoms with Gasteiger partial charge in [0, 0.05) is 13.0 Å². The monoisotopic (exact) mass is 260 g/mol. The van der Waals surface area contributed by atoms with Crippen LogP contribution in [0.25, 0.3) is 0 Å². The second kappa shape index (κ2) is 5.17. The molecule has 2 aromatic rings. The Morgan fingerprint density at radius 3 is 3.11 bits per heavy atom. The molecule has 5 heteroatoms. The number of fused-ring (bicyclic) bond motifs is 1. The Balaban J connectivity index is 1.75. The van der Waals surface area contributed by atoms with Gasteiger partial charge in [-0.15, -0.1) is 10.2 Å². The third kappa shape index (κ3) is 2.30. The molecule has 0 saturated carbocycles. The summed E-state index contributed by atoms with van der Waals surface area (Å²) in [5, 5.41) is 12.2. The fourth-order valence-electron chi connectivity index (χ4n) is 2.76. The molecule has 0 aliphatic carbocycles. The van der Waals surface area contributed by atoms with E-state index in [1.807, 2.05) is 12.1 Å². The topological polar surface area (TPSA) is 55.9 Å². The molecule has 2 unspecified atom stereocenters. The van der Waals surface area contributed by atoms with E-state index in [0.29, 0.717) is 0 Å². The van der Waals surface area contributed by atoms with Gasteiger partial charge in [0.1, 0.15) is 17.4 Å². The van der Waals surface area contributed by atoms with Gasteiger partial charge in [-0.2, -0.15) is 0 Å². The zero-order valence-electron chi connectivity index (χ0n) is 11.5. The molecule has 3 heterocycles. The molecule has 0 spiro atoms. The summed E-state index contributed by atoms with van der Waals surface area (Å²) >= 11 is 0. The largest absolute Gasteiger partial charge is 0.468 e. The first-order chi connectivity index (χ1) is 9.29. The van der Waals surface area contributed by atoms with Gasteiger partial charge in [-0.1, -0.05) is 6.92 Å². The van der Waals surface area contributed by atoms with Crippen molar-refractivity contribution in [2.24, 2.45) is 0 Å². The number of furan rings is 1. The Morgan fingerprint density at radius 2 is 2.37 bits per heavy atom. The van der Waals surface area contributed by atoms with Crippen LogP contribution in [0.5, 0.6) is 0 Å². The van der Waals surface area contributed by atoms with Gasteiger partial charge in [-0.05, 0) is 31.9 Å². The van der Waals surface area contributed by atoms with E-state index in [4.69, 9.17) is 4.42 Å². The van der Waals surface area contributed by atoms with E-state index in [1.54, 1.807) is 6.26 Å². The van der Waals surface area contributed by atoms with Crippen LogP contribution in [0.4, 0.5) is 0 Å². The molecule has 0 saturated heterocycles. The maximum atomic E-state index is 5.49. The van der Waals surface area contributed by atoms with Crippen LogP contribution < -0.4 is 5.32 Å². The van der Waals surface area contributed by atoms with Gasteiger partial charge in [-0.25, -0.2) is 0 Å².